The summed E-state index contributed by atoms with van der Waals surface area (Å²) in [4.78, 5) is 11.9. The van der Waals surface area contributed by atoms with E-state index in [2.05, 4.69) is 0 Å². The van der Waals surface area contributed by atoms with Crippen molar-refractivity contribution in [3.05, 3.63) is 0 Å². The van der Waals surface area contributed by atoms with Crippen LogP contribution in [0.2, 0.25) is 0 Å². The molecule has 0 radical (unpaired) electrons. The summed E-state index contributed by atoms with van der Waals surface area (Å²) in [6.45, 7) is 0.620. The summed E-state index contributed by atoms with van der Waals surface area (Å²) < 4.78 is 60.7. The van der Waals surface area contributed by atoms with Gasteiger partial charge in [0.1, 0.15) is 5.60 Å². The number of carbonyl (C=O) groups is 1. The van der Waals surface area contributed by atoms with E-state index < -0.39 is 30.0 Å². The highest BCUT2D eigenvalue weighted by atomic mass is 19.4. The molecular weight excluding hydrogens is 237 g/mol. The molecule has 1 amide bonds. The summed E-state index contributed by atoms with van der Waals surface area (Å²) in [5.74, 6) is -6.32. The third kappa shape index (κ3) is 3.29. The second-order valence-electron chi connectivity index (χ2n) is 3.85. The van der Waals surface area contributed by atoms with Crippen molar-refractivity contribution in [3.8, 4) is 0 Å². The first-order valence-corrected chi connectivity index (χ1v) is 4.20. The van der Waals surface area contributed by atoms with Gasteiger partial charge < -0.3 is 10.0 Å². The van der Waals surface area contributed by atoms with Gasteiger partial charge in [0.15, 0.2) is 0 Å². The maximum Gasteiger partial charge on any atom is 0.453 e. The number of amides is 1. The lowest BCUT2D eigenvalue weighted by Gasteiger charge is -2.30. The molecule has 96 valence electrons. The summed E-state index contributed by atoms with van der Waals surface area (Å²) in [7, 11) is 2.28. The normalized spacial score (nSPS) is 16.8. The molecule has 0 aliphatic rings. The van der Waals surface area contributed by atoms with Gasteiger partial charge in [-0.2, -0.15) is 22.0 Å². The Morgan fingerprint density at radius 3 is 1.81 bits per heavy atom. The lowest BCUT2D eigenvalue weighted by molar-refractivity contribution is -0.294. The summed E-state index contributed by atoms with van der Waals surface area (Å²) in [6.07, 6.45) is -7.79. The Kier molecular flexibility index (Phi) is 3.92. The van der Waals surface area contributed by atoms with Crippen LogP contribution in [0.15, 0.2) is 0 Å². The van der Waals surface area contributed by atoms with E-state index >= 15 is 0 Å². The van der Waals surface area contributed by atoms with Gasteiger partial charge in [-0.05, 0) is 6.92 Å². The van der Waals surface area contributed by atoms with E-state index in [9.17, 15) is 31.9 Å². The monoisotopic (exact) mass is 249 g/mol. The molecule has 0 rings (SSSR count). The van der Waals surface area contributed by atoms with E-state index in [1.54, 1.807) is 0 Å². The van der Waals surface area contributed by atoms with Crippen molar-refractivity contribution in [2.75, 3.05) is 14.1 Å². The van der Waals surface area contributed by atoms with E-state index in [4.69, 9.17) is 0 Å². The molecular formula is C8H12F5NO2. The molecule has 0 spiro atoms. The van der Waals surface area contributed by atoms with Gasteiger partial charge in [0.25, 0.3) is 5.91 Å². The summed E-state index contributed by atoms with van der Waals surface area (Å²) >= 11 is 0. The van der Waals surface area contributed by atoms with Crippen LogP contribution in [0.4, 0.5) is 22.0 Å². The van der Waals surface area contributed by atoms with Crippen molar-refractivity contribution in [1.29, 1.82) is 0 Å². The average molecular weight is 249 g/mol. The Balaban J connectivity index is 4.91. The van der Waals surface area contributed by atoms with Gasteiger partial charge in [-0.15, -0.1) is 0 Å². The van der Waals surface area contributed by atoms with Crippen molar-refractivity contribution < 1.29 is 31.9 Å². The smallest absolute Gasteiger partial charge is 0.380 e. The average Bonchev–Trinajstić information content (AvgIpc) is 1.98. The van der Waals surface area contributed by atoms with Crippen molar-refractivity contribution in [2.24, 2.45) is 0 Å². The fourth-order valence-electron chi connectivity index (χ4n) is 1.09. The van der Waals surface area contributed by atoms with E-state index in [1.807, 2.05) is 0 Å². The van der Waals surface area contributed by atoms with Crippen LogP contribution >= 0.6 is 0 Å². The van der Waals surface area contributed by atoms with E-state index in [0.29, 0.717) is 6.92 Å². The molecule has 1 unspecified atom stereocenters. The van der Waals surface area contributed by atoms with Crippen LogP contribution in [0.25, 0.3) is 0 Å². The van der Waals surface area contributed by atoms with Crippen LogP contribution in [-0.4, -0.2) is 47.7 Å². The van der Waals surface area contributed by atoms with Gasteiger partial charge in [0.05, 0.1) is 6.42 Å². The maximum atomic E-state index is 12.6. The molecule has 1 N–H and O–H groups in total. The molecule has 0 bridgehead atoms. The molecule has 1 atom stereocenters. The van der Waals surface area contributed by atoms with E-state index in [-0.39, 0.29) is 0 Å². The lowest BCUT2D eigenvalue weighted by atomic mass is 9.96. The SMILES string of the molecule is CN(C)C(=O)C(C)(O)CC(F)(F)C(F)(F)F. The minimum atomic E-state index is -5.79. The lowest BCUT2D eigenvalue weighted by Crippen LogP contribution is -2.51. The number of carbonyl (C=O) groups excluding carboxylic acids is 1. The predicted molar refractivity (Wildman–Crippen MR) is 44.9 cm³/mol. The molecule has 0 aromatic carbocycles. The number of rotatable bonds is 3. The van der Waals surface area contributed by atoms with Crippen molar-refractivity contribution in [1.82, 2.24) is 4.90 Å². The molecule has 8 heteroatoms. The third-order valence-corrected chi connectivity index (χ3v) is 1.85. The van der Waals surface area contributed by atoms with Crippen LogP contribution < -0.4 is 0 Å². The van der Waals surface area contributed by atoms with Gasteiger partial charge >= 0.3 is 12.1 Å². The fourth-order valence-corrected chi connectivity index (χ4v) is 1.09. The number of aliphatic hydroxyl groups is 1. The van der Waals surface area contributed by atoms with E-state index in [0.717, 1.165) is 19.0 Å². The first kappa shape index (κ1) is 15.1. The molecule has 0 aromatic rings. The van der Waals surface area contributed by atoms with Gasteiger partial charge in [-0.1, -0.05) is 0 Å². The largest absolute Gasteiger partial charge is 0.453 e. The van der Waals surface area contributed by atoms with Crippen LogP contribution in [0, 0.1) is 0 Å². The number of hydrogen-bond acceptors (Lipinski definition) is 2. The van der Waals surface area contributed by atoms with Crippen LogP contribution in [-0.2, 0) is 4.79 Å². The molecule has 0 saturated carbocycles. The van der Waals surface area contributed by atoms with Crippen molar-refractivity contribution >= 4 is 5.91 Å². The topological polar surface area (TPSA) is 40.5 Å². The zero-order valence-electron chi connectivity index (χ0n) is 8.90. The Bertz CT molecular complexity index is 272. The fraction of sp³-hybridized carbons (Fsp3) is 0.875. The highest BCUT2D eigenvalue weighted by Crippen LogP contribution is 2.41. The number of likely N-dealkylation sites (N-methyl/N-ethyl adjacent to an activating group) is 1. The molecule has 0 aliphatic carbocycles. The standard InChI is InChI=1S/C8H12F5NO2/c1-6(16,5(15)14(2)3)4-7(9,10)8(11,12)13/h16H,4H2,1-3H3. The molecule has 0 heterocycles. The first-order chi connectivity index (χ1) is 6.81. The number of hydrogen-bond donors (Lipinski definition) is 1. The molecule has 0 saturated heterocycles. The van der Waals surface area contributed by atoms with Crippen LogP contribution in [0.3, 0.4) is 0 Å². The van der Waals surface area contributed by atoms with Gasteiger partial charge in [-0.25, -0.2) is 0 Å². The highest BCUT2D eigenvalue weighted by molar-refractivity contribution is 5.84. The zero-order valence-corrected chi connectivity index (χ0v) is 8.90. The van der Waals surface area contributed by atoms with Crippen molar-refractivity contribution in [2.45, 2.75) is 31.0 Å². The number of alkyl halides is 5. The molecule has 0 aliphatic heterocycles. The Hall–Kier alpha value is -0.920. The Labute approximate surface area is 88.8 Å². The Morgan fingerprint density at radius 2 is 1.56 bits per heavy atom. The maximum absolute atomic E-state index is 12.6. The van der Waals surface area contributed by atoms with Gasteiger partial charge in [0.2, 0.25) is 0 Å². The summed E-state index contributed by atoms with van der Waals surface area (Å²) in [6, 6.07) is 0. The quantitative estimate of drug-likeness (QED) is 0.768. The van der Waals surface area contributed by atoms with Crippen LogP contribution in [0.1, 0.15) is 13.3 Å². The summed E-state index contributed by atoms with van der Waals surface area (Å²) in [5, 5.41) is 9.28. The Morgan fingerprint density at radius 1 is 1.19 bits per heavy atom. The number of halogens is 5. The van der Waals surface area contributed by atoms with Crippen molar-refractivity contribution in [3.63, 3.8) is 0 Å². The third-order valence-electron chi connectivity index (χ3n) is 1.85. The highest BCUT2D eigenvalue weighted by Gasteiger charge is 2.61. The molecule has 0 aromatic heterocycles. The first-order valence-electron chi connectivity index (χ1n) is 4.20. The minimum Gasteiger partial charge on any atom is -0.380 e. The molecule has 0 fully saturated rings. The second kappa shape index (κ2) is 4.15. The minimum absolute atomic E-state index is 0.620. The molecule has 16 heavy (non-hydrogen) atoms. The number of nitrogens with zero attached hydrogens (tertiary/aromatic N) is 1. The summed E-state index contributed by atoms with van der Waals surface area (Å²) in [5.41, 5.74) is -2.76. The van der Waals surface area contributed by atoms with Gasteiger partial charge in [-0.3, -0.25) is 4.79 Å². The molecule has 3 nitrogen and oxygen atoms in total. The van der Waals surface area contributed by atoms with Gasteiger partial charge in [0, 0.05) is 14.1 Å². The predicted octanol–water partition coefficient (Wildman–Crippen LogP) is 1.41. The van der Waals surface area contributed by atoms with E-state index in [1.165, 1.54) is 0 Å². The second-order valence-corrected chi connectivity index (χ2v) is 3.85. The van der Waals surface area contributed by atoms with Crippen LogP contribution in [0.5, 0.6) is 0 Å². The zero-order chi connectivity index (χ0) is 13.4.